The van der Waals surface area contributed by atoms with Gasteiger partial charge in [-0.2, -0.15) is 0 Å². The van der Waals surface area contributed by atoms with Crippen molar-refractivity contribution in [1.29, 1.82) is 0 Å². The second-order valence-corrected chi connectivity index (χ2v) is 6.92. The molecule has 5 nitrogen and oxygen atoms in total. The maximum atomic E-state index is 13.9. The summed E-state index contributed by atoms with van der Waals surface area (Å²) in [6.45, 7) is 6.38. The van der Waals surface area contributed by atoms with Gasteiger partial charge >= 0.3 is 0 Å². The number of benzene rings is 2. The first-order valence-corrected chi connectivity index (χ1v) is 8.02. The van der Waals surface area contributed by atoms with Crippen LogP contribution in [0.3, 0.4) is 0 Å². The molecule has 2 N–H and O–H groups in total. The molecule has 0 spiro atoms. The fraction of sp³-hybridized carbons (Fsp3) is 0.263. The highest BCUT2D eigenvalue weighted by molar-refractivity contribution is 6.00. The van der Waals surface area contributed by atoms with Crippen LogP contribution in [0.2, 0.25) is 0 Å². The Hall–Kier alpha value is -3.03. The quantitative estimate of drug-likeness (QED) is 0.617. The van der Waals surface area contributed by atoms with Gasteiger partial charge in [0.25, 0.3) is 11.8 Å². The van der Waals surface area contributed by atoms with Gasteiger partial charge in [0.2, 0.25) is 0 Å². The first kappa shape index (κ1) is 20.3. The zero-order chi connectivity index (χ0) is 20.5. The Labute approximate surface area is 154 Å². The maximum Gasteiger partial charge on any atom is 0.273 e. The van der Waals surface area contributed by atoms with E-state index in [1.54, 1.807) is 20.8 Å². The molecule has 0 radical (unpaired) electrons. The zero-order valence-corrected chi connectivity index (χ0v) is 15.2. The second-order valence-electron chi connectivity index (χ2n) is 6.92. The van der Waals surface area contributed by atoms with Crippen LogP contribution in [-0.2, 0) is 0 Å². The van der Waals surface area contributed by atoms with Crippen LogP contribution in [0.1, 0.15) is 47.1 Å². The zero-order valence-electron chi connectivity index (χ0n) is 15.2. The lowest BCUT2D eigenvalue weighted by molar-refractivity contribution is 0.0355. The summed E-state index contributed by atoms with van der Waals surface area (Å²) >= 11 is 0. The van der Waals surface area contributed by atoms with E-state index in [1.807, 2.05) is 0 Å². The molecule has 27 heavy (non-hydrogen) atoms. The van der Waals surface area contributed by atoms with E-state index in [2.05, 4.69) is 5.43 Å². The summed E-state index contributed by atoms with van der Waals surface area (Å²) in [5, 5.41) is 10.7. The maximum absolute atomic E-state index is 13.9. The molecular formula is C19H19F3N2O3. The molecule has 0 aliphatic rings. The molecule has 0 aliphatic heterocycles. The van der Waals surface area contributed by atoms with Gasteiger partial charge in [-0.15, -0.1) is 0 Å². The van der Waals surface area contributed by atoms with Crippen LogP contribution in [0.15, 0.2) is 30.3 Å². The molecule has 2 rings (SSSR count). The van der Waals surface area contributed by atoms with Crippen LogP contribution in [0.4, 0.5) is 13.2 Å². The molecule has 8 heteroatoms. The van der Waals surface area contributed by atoms with Gasteiger partial charge in [0.15, 0.2) is 17.5 Å². The van der Waals surface area contributed by atoms with Gasteiger partial charge in [-0.05, 0) is 52.0 Å². The Morgan fingerprint density at radius 2 is 1.63 bits per heavy atom. The topological polar surface area (TPSA) is 69.6 Å². The fourth-order valence-corrected chi connectivity index (χ4v) is 2.36. The minimum absolute atomic E-state index is 0.104. The highest BCUT2D eigenvalue weighted by Gasteiger charge is 2.32. The molecule has 0 saturated heterocycles. The van der Waals surface area contributed by atoms with Crippen molar-refractivity contribution < 1.29 is 27.9 Å². The average Bonchev–Trinajstić information content (AvgIpc) is 2.58. The van der Waals surface area contributed by atoms with Gasteiger partial charge in [-0.1, -0.05) is 6.07 Å². The molecule has 0 aromatic heterocycles. The van der Waals surface area contributed by atoms with Crippen molar-refractivity contribution in [3.8, 4) is 5.75 Å². The summed E-state index contributed by atoms with van der Waals surface area (Å²) in [6, 6.07) is 5.74. The van der Waals surface area contributed by atoms with Crippen molar-refractivity contribution in [2.24, 2.45) is 0 Å². The molecule has 0 bridgehead atoms. The standard InChI is InChI=1S/C19H19F3N2O3/c1-10-11(6-5-7-14(10)25)18(27)24(19(2,3)4)23-17(26)12-8-9-13(20)16(22)15(12)21/h5-9,25H,1-4H3,(H,23,26). The van der Waals surface area contributed by atoms with E-state index in [1.165, 1.54) is 25.1 Å². The highest BCUT2D eigenvalue weighted by Crippen LogP contribution is 2.24. The summed E-state index contributed by atoms with van der Waals surface area (Å²) in [6.07, 6.45) is 0. The van der Waals surface area contributed by atoms with Crippen LogP contribution in [-0.4, -0.2) is 27.5 Å². The van der Waals surface area contributed by atoms with E-state index in [0.29, 0.717) is 11.6 Å². The van der Waals surface area contributed by atoms with Crippen LogP contribution >= 0.6 is 0 Å². The number of rotatable bonds is 2. The Kier molecular flexibility index (Phi) is 5.48. The molecular weight excluding hydrogens is 361 g/mol. The summed E-state index contributed by atoms with van der Waals surface area (Å²) in [7, 11) is 0. The smallest absolute Gasteiger partial charge is 0.273 e. The van der Waals surface area contributed by atoms with Gasteiger partial charge in [-0.25, -0.2) is 18.2 Å². The normalized spacial score (nSPS) is 11.2. The minimum atomic E-state index is -1.78. The number of phenols is 1. The number of amides is 2. The molecule has 2 amide bonds. The van der Waals surface area contributed by atoms with Crippen molar-refractivity contribution in [2.45, 2.75) is 33.2 Å². The Balaban J connectivity index is 2.41. The van der Waals surface area contributed by atoms with Crippen molar-refractivity contribution in [2.75, 3.05) is 0 Å². The summed E-state index contributed by atoms with van der Waals surface area (Å²) in [4.78, 5) is 25.3. The first-order chi connectivity index (χ1) is 12.4. The third-order valence-electron chi connectivity index (χ3n) is 3.90. The van der Waals surface area contributed by atoms with E-state index in [4.69, 9.17) is 0 Å². The lowest BCUT2D eigenvalue weighted by Crippen LogP contribution is -2.56. The van der Waals surface area contributed by atoms with Gasteiger partial charge in [0.05, 0.1) is 11.1 Å². The monoisotopic (exact) mass is 380 g/mol. The van der Waals surface area contributed by atoms with Crippen molar-refractivity contribution in [3.05, 3.63) is 64.5 Å². The van der Waals surface area contributed by atoms with Gasteiger partial charge in [0, 0.05) is 11.1 Å². The van der Waals surface area contributed by atoms with E-state index in [0.717, 1.165) is 11.1 Å². The molecule has 0 unspecified atom stereocenters. The number of hydrogen-bond donors (Lipinski definition) is 2. The predicted octanol–water partition coefficient (Wildman–Crippen LogP) is 3.70. The third kappa shape index (κ3) is 4.05. The lowest BCUT2D eigenvalue weighted by atomic mass is 10.0. The SMILES string of the molecule is Cc1c(O)cccc1C(=O)N(NC(=O)c1ccc(F)c(F)c1F)C(C)(C)C. The number of nitrogens with zero attached hydrogens (tertiary/aromatic N) is 1. The molecule has 144 valence electrons. The van der Waals surface area contributed by atoms with E-state index in [-0.39, 0.29) is 11.3 Å². The average molecular weight is 380 g/mol. The third-order valence-corrected chi connectivity index (χ3v) is 3.90. The number of hydrogen-bond acceptors (Lipinski definition) is 3. The Bertz CT molecular complexity index is 908. The molecule has 2 aromatic rings. The van der Waals surface area contributed by atoms with Gasteiger partial charge < -0.3 is 5.11 Å². The van der Waals surface area contributed by atoms with Crippen LogP contribution in [0.25, 0.3) is 0 Å². The van der Waals surface area contributed by atoms with Crippen molar-refractivity contribution >= 4 is 11.8 Å². The fourth-order valence-electron chi connectivity index (χ4n) is 2.36. The molecule has 0 heterocycles. The lowest BCUT2D eigenvalue weighted by Gasteiger charge is -2.35. The second kappa shape index (κ2) is 7.30. The first-order valence-electron chi connectivity index (χ1n) is 8.02. The van der Waals surface area contributed by atoms with Crippen molar-refractivity contribution in [3.63, 3.8) is 0 Å². The number of phenolic OH excluding ortho intramolecular Hbond substituents is 1. The Morgan fingerprint density at radius 1 is 1.00 bits per heavy atom. The van der Waals surface area contributed by atoms with Crippen LogP contribution < -0.4 is 5.43 Å². The number of halogens is 3. The molecule has 0 aliphatic carbocycles. The number of hydrazine groups is 1. The summed E-state index contributed by atoms with van der Waals surface area (Å²) in [5.74, 6) is -6.74. The van der Waals surface area contributed by atoms with E-state index >= 15 is 0 Å². The number of nitrogens with one attached hydrogen (secondary N) is 1. The van der Waals surface area contributed by atoms with Crippen molar-refractivity contribution in [1.82, 2.24) is 10.4 Å². The van der Waals surface area contributed by atoms with Crippen LogP contribution in [0.5, 0.6) is 5.75 Å². The minimum Gasteiger partial charge on any atom is -0.508 e. The number of carbonyl (C=O) groups excluding carboxylic acids is 2. The van der Waals surface area contributed by atoms with E-state index in [9.17, 15) is 27.9 Å². The predicted molar refractivity (Wildman–Crippen MR) is 92.5 cm³/mol. The summed E-state index contributed by atoms with van der Waals surface area (Å²) in [5.41, 5.74) is 0.966. The van der Waals surface area contributed by atoms with Crippen LogP contribution in [0, 0.1) is 24.4 Å². The summed E-state index contributed by atoms with van der Waals surface area (Å²) < 4.78 is 40.4. The highest BCUT2D eigenvalue weighted by atomic mass is 19.2. The van der Waals surface area contributed by atoms with E-state index < -0.39 is 40.4 Å². The van der Waals surface area contributed by atoms with Gasteiger partial charge in [-0.3, -0.25) is 15.0 Å². The molecule has 0 saturated carbocycles. The van der Waals surface area contributed by atoms with Gasteiger partial charge in [0.1, 0.15) is 5.75 Å². The Morgan fingerprint density at radius 3 is 2.22 bits per heavy atom. The largest absolute Gasteiger partial charge is 0.508 e. The molecule has 0 fully saturated rings. The number of carbonyl (C=O) groups is 2. The number of aromatic hydroxyl groups is 1. The molecule has 0 atom stereocenters. The molecule has 2 aromatic carbocycles.